The zero-order chi connectivity index (χ0) is 29.9. The number of carboxylic acids is 1. The van der Waals surface area contributed by atoms with Gasteiger partial charge in [-0.05, 0) is 42.2 Å². The number of ether oxygens (including phenoxy) is 1. The van der Waals surface area contributed by atoms with Crippen LogP contribution in [0.5, 0.6) is 0 Å². The van der Waals surface area contributed by atoms with Crippen molar-refractivity contribution < 1.29 is 36.2 Å². The SMILES string of the molecule is COCCN(CCCc1ccc(-c2ccccc2S(N)(=O)=O)cc1)c1cccc(C(=N)N)c1.O=C(O)C(F)(F)F. The molecule has 0 aliphatic carbocycles. The number of hydrogen-bond acceptors (Lipinski definition) is 6. The number of carbonyl (C=O) groups is 1. The number of nitrogen functional groups attached to an aromatic ring is 1. The van der Waals surface area contributed by atoms with Crippen LogP contribution in [0.1, 0.15) is 17.5 Å². The molecule has 0 heterocycles. The minimum Gasteiger partial charge on any atom is -0.475 e. The van der Waals surface area contributed by atoms with Gasteiger partial charge >= 0.3 is 12.1 Å². The van der Waals surface area contributed by atoms with Gasteiger partial charge < -0.3 is 20.5 Å². The van der Waals surface area contributed by atoms with E-state index in [1.165, 1.54) is 6.07 Å². The number of carboxylic acid groups (broad SMARTS) is 1. The molecule has 0 aliphatic rings. The number of nitrogens with one attached hydrogen (secondary N) is 1. The van der Waals surface area contributed by atoms with E-state index in [2.05, 4.69) is 4.90 Å². The molecule has 0 saturated heterocycles. The Balaban J connectivity index is 0.000000708. The summed E-state index contributed by atoms with van der Waals surface area (Å²) in [5.41, 5.74) is 9.93. The molecular formula is C27H31F3N4O5S. The molecule has 0 unspecified atom stereocenters. The second-order valence-electron chi connectivity index (χ2n) is 8.59. The molecule has 0 fully saturated rings. The van der Waals surface area contributed by atoms with Crippen LogP contribution >= 0.6 is 0 Å². The molecule has 0 spiro atoms. The Bertz CT molecular complexity index is 1400. The Hall–Kier alpha value is -3.94. The first-order chi connectivity index (χ1) is 18.7. The summed E-state index contributed by atoms with van der Waals surface area (Å²) < 4.78 is 60.8. The second-order valence-corrected chi connectivity index (χ2v) is 10.1. The van der Waals surface area contributed by atoms with Crippen molar-refractivity contribution in [3.05, 3.63) is 83.9 Å². The van der Waals surface area contributed by atoms with Gasteiger partial charge in [-0.1, -0.05) is 54.6 Å². The van der Waals surface area contributed by atoms with E-state index in [1.54, 1.807) is 25.3 Å². The molecule has 40 heavy (non-hydrogen) atoms. The lowest BCUT2D eigenvalue weighted by molar-refractivity contribution is -0.192. The Labute approximate surface area is 230 Å². The number of aliphatic carboxylic acids is 1. The number of amidine groups is 1. The molecule has 9 nitrogen and oxygen atoms in total. The van der Waals surface area contributed by atoms with E-state index in [0.29, 0.717) is 17.7 Å². The molecule has 0 bridgehead atoms. The summed E-state index contributed by atoms with van der Waals surface area (Å²) >= 11 is 0. The molecule has 0 radical (unpaired) electrons. The molecule has 0 saturated carbocycles. The fourth-order valence-corrected chi connectivity index (χ4v) is 4.48. The predicted octanol–water partition coefficient (Wildman–Crippen LogP) is 4.00. The quantitative estimate of drug-likeness (QED) is 0.197. The van der Waals surface area contributed by atoms with Crippen LogP contribution in [-0.2, 0) is 26.0 Å². The monoisotopic (exact) mass is 580 g/mol. The normalized spacial score (nSPS) is 11.3. The van der Waals surface area contributed by atoms with Crippen molar-refractivity contribution in [2.24, 2.45) is 10.9 Å². The molecule has 0 amide bonds. The van der Waals surface area contributed by atoms with Crippen LogP contribution in [0.15, 0.2) is 77.7 Å². The summed E-state index contributed by atoms with van der Waals surface area (Å²) in [5, 5.41) is 20.2. The van der Waals surface area contributed by atoms with Gasteiger partial charge in [0.05, 0.1) is 11.5 Å². The highest BCUT2D eigenvalue weighted by atomic mass is 32.2. The van der Waals surface area contributed by atoms with Crippen LogP contribution in [0.3, 0.4) is 0 Å². The molecule has 216 valence electrons. The molecule has 0 aromatic heterocycles. The fourth-order valence-electron chi connectivity index (χ4n) is 3.72. The molecule has 13 heteroatoms. The smallest absolute Gasteiger partial charge is 0.475 e. The molecule has 0 aliphatic heterocycles. The number of alkyl halides is 3. The Morgan fingerprint density at radius 1 is 1.02 bits per heavy atom. The molecule has 0 atom stereocenters. The average Bonchev–Trinajstić information content (AvgIpc) is 2.90. The van der Waals surface area contributed by atoms with Gasteiger partial charge in [-0.25, -0.2) is 18.4 Å². The summed E-state index contributed by atoms with van der Waals surface area (Å²) in [4.78, 5) is 11.2. The minimum absolute atomic E-state index is 0.0487. The van der Waals surface area contributed by atoms with Crippen molar-refractivity contribution in [3.8, 4) is 11.1 Å². The van der Waals surface area contributed by atoms with Crippen LogP contribution < -0.4 is 15.8 Å². The summed E-state index contributed by atoms with van der Waals surface area (Å²) in [5.74, 6) is -2.71. The molecule has 3 aromatic carbocycles. The Morgan fingerprint density at radius 3 is 2.20 bits per heavy atom. The van der Waals surface area contributed by atoms with Crippen LogP contribution in [-0.4, -0.2) is 58.3 Å². The molecular weight excluding hydrogens is 549 g/mol. The van der Waals surface area contributed by atoms with Crippen molar-refractivity contribution in [3.63, 3.8) is 0 Å². The number of hydrogen-bond donors (Lipinski definition) is 4. The van der Waals surface area contributed by atoms with E-state index in [-0.39, 0.29) is 10.7 Å². The highest BCUT2D eigenvalue weighted by Crippen LogP contribution is 2.27. The lowest BCUT2D eigenvalue weighted by Gasteiger charge is -2.25. The Morgan fingerprint density at radius 2 is 1.65 bits per heavy atom. The molecule has 6 N–H and O–H groups in total. The topological polar surface area (TPSA) is 160 Å². The van der Waals surface area contributed by atoms with Gasteiger partial charge in [0.25, 0.3) is 0 Å². The van der Waals surface area contributed by atoms with Gasteiger partial charge in [-0.3, -0.25) is 5.41 Å². The summed E-state index contributed by atoms with van der Waals surface area (Å²) in [6.45, 7) is 2.16. The number of halogens is 3. The number of primary sulfonamides is 1. The van der Waals surface area contributed by atoms with Gasteiger partial charge in [0.2, 0.25) is 10.0 Å². The predicted molar refractivity (Wildman–Crippen MR) is 147 cm³/mol. The molecule has 3 rings (SSSR count). The van der Waals surface area contributed by atoms with Crippen molar-refractivity contribution in [1.29, 1.82) is 5.41 Å². The van der Waals surface area contributed by atoms with Crippen molar-refractivity contribution >= 4 is 27.5 Å². The van der Waals surface area contributed by atoms with Gasteiger partial charge in [0, 0.05) is 37.0 Å². The van der Waals surface area contributed by atoms with Crippen LogP contribution in [0.2, 0.25) is 0 Å². The maximum atomic E-state index is 11.9. The van der Waals surface area contributed by atoms with Crippen LogP contribution in [0.25, 0.3) is 11.1 Å². The maximum Gasteiger partial charge on any atom is 0.490 e. The summed E-state index contributed by atoms with van der Waals surface area (Å²) in [7, 11) is -2.11. The van der Waals surface area contributed by atoms with Gasteiger partial charge in [-0.2, -0.15) is 13.2 Å². The van der Waals surface area contributed by atoms with E-state index in [4.69, 9.17) is 30.9 Å². The standard InChI is InChI=1S/C25H30N4O3S.C2HF3O2/c1-32-17-16-29(22-8-4-7-21(18-22)25(26)27)15-5-6-19-11-13-20(14-12-19)23-9-2-3-10-24(23)33(28,30)31;3-2(4,5)1(6)7/h2-4,7-14,18H,5-6,15-17H2,1H3,(H3,26,27)(H2,28,30,31);(H,6,7). The average molecular weight is 581 g/mol. The van der Waals surface area contributed by atoms with Crippen LogP contribution in [0, 0.1) is 5.41 Å². The van der Waals surface area contributed by atoms with Crippen molar-refractivity contribution in [2.75, 3.05) is 31.7 Å². The number of aryl methyl sites for hydroxylation is 1. The van der Waals surface area contributed by atoms with Gasteiger partial charge in [0.15, 0.2) is 0 Å². The summed E-state index contributed by atoms with van der Waals surface area (Å²) in [6, 6.07) is 22.3. The first-order valence-corrected chi connectivity index (χ1v) is 13.5. The fraction of sp³-hybridized carbons (Fsp3) is 0.259. The number of nitrogens with zero attached hydrogens (tertiary/aromatic N) is 1. The first-order valence-electron chi connectivity index (χ1n) is 11.9. The zero-order valence-corrected chi connectivity index (χ0v) is 22.5. The van der Waals surface area contributed by atoms with Crippen molar-refractivity contribution in [1.82, 2.24) is 0 Å². The van der Waals surface area contributed by atoms with E-state index in [1.807, 2.05) is 48.5 Å². The third kappa shape index (κ3) is 9.98. The third-order valence-corrected chi connectivity index (χ3v) is 6.65. The number of methoxy groups -OCH3 is 1. The minimum atomic E-state index is -5.08. The number of benzene rings is 3. The lowest BCUT2D eigenvalue weighted by atomic mass is 10.0. The van der Waals surface area contributed by atoms with E-state index < -0.39 is 22.2 Å². The van der Waals surface area contributed by atoms with E-state index >= 15 is 0 Å². The largest absolute Gasteiger partial charge is 0.490 e. The third-order valence-electron chi connectivity index (χ3n) is 5.68. The number of rotatable bonds is 11. The maximum absolute atomic E-state index is 11.9. The van der Waals surface area contributed by atoms with Gasteiger partial charge in [0.1, 0.15) is 5.84 Å². The highest BCUT2D eigenvalue weighted by Gasteiger charge is 2.38. The lowest BCUT2D eigenvalue weighted by Crippen LogP contribution is -2.29. The van der Waals surface area contributed by atoms with E-state index in [9.17, 15) is 21.6 Å². The van der Waals surface area contributed by atoms with Crippen LogP contribution in [0.4, 0.5) is 18.9 Å². The number of anilines is 1. The van der Waals surface area contributed by atoms with Gasteiger partial charge in [-0.15, -0.1) is 0 Å². The summed E-state index contributed by atoms with van der Waals surface area (Å²) in [6.07, 6.45) is -3.30. The second kappa shape index (κ2) is 14.4. The highest BCUT2D eigenvalue weighted by molar-refractivity contribution is 7.89. The number of sulfonamides is 1. The first kappa shape index (κ1) is 32.3. The van der Waals surface area contributed by atoms with Crippen molar-refractivity contribution in [2.45, 2.75) is 23.9 Å². The Kier molecular flexibility index (Phi) is 11.7. The van der Waals surface area contributed by atoms with E-state index in [0.717, 1.165) is 42.7 Å². The number of nitrogens with two attached hydrogens (primary N) is 2. The zero-order valence-electron chi connectivity index (χ0n) is 21.7. The molecule has 3 aromatic rings.